The fourth-order valence-electron chi connectivity index (χ4n) is 2.96. The molecule has 1 amide bonds. The minimum absolute atomic E-state index is 0.218. The molecule has 2 aromatic rings. The van der Waals surface area contributed by atoms with E-state index in [2.05, 4.69) is 5.32 Å². The van der Waals surface area contributed by atoms with Gasteiger partial charge >= 0.3 is 0 Å². The first-order valence-corrected chi connectivity index (χ1v) is 10.9. The third-order valence-electron chi connectivity index (χ3n) is 4.62. The van der Waals surface area contributed by atoms with Crippen molar-refractivity contribution in [2.24, 2.45) is 0 Å². The Hall–Kier alpha value is -2.34. The number of hydrogen-bond donors (Lipinski definition) is 1. The van der Waals surface area contributed by atoms with E-state index in [0.29, 0.717) is 5.69 Å². The number of nitrogens with zero attached hydrogens (tertiary/aromatic N) is 1. The Balaban J connectivity index is 2.22. The van der Waals surface area contributed by atoms with Gasteiger partial charge in [0, 0.05) is 0 Å². The molecule has 2 atom stereocenters. The molecule has 0 saturated heterocycles. The Bertz CT molecular complexity index is 875. The van der Waals surface area contributed by atoms with Crippen LogP contribution in [0.25, 0.3) is 0 Å². The van der Waals surface area contributed by atoms with Gasteiger partial charge in [-0.3, -0.25) is 9.10 Å². The predicted octanol–water partition coefficient (Wildman–Crippen LogP) is 3.59. The number of benzene rings is 2. The summed E-state index contributed by atoms with van der Waals surface area (Å²) in [6, 6.07) is 14.1. The molecule has 2 unspecified atom stereocenters. The summed E-state index contributed by atoms with van der Waals surface area (Å²) in [4.78, 5) is 12.8. The second-order valence-electron chi connectivity index (χ2n) is 6.90. The summed E-state index contributed by atoms with van der Waals surface area (Å²) < 4.78 is 25.9. The summed E-state index contributed by atoms with van der Waals surface area (Å²) in [5.74, 6) is -0.340. The monoisotopic (exact) mass is 388 g/mol. The molecule has 0 saturated carbocycles. The summed E-state index contributed by atoms with van der Waals surface area (Å²) in [6.07, 6.45) is 1.98. The molecule has 0 fully saturated rings. The maximum atomic E-state index is 12.8. The molecule has 0 aliphatic heterocycles. The van der Waals surface area contributed by atoms with Gasteiger partial charge in [-0.05, 0) is 50.5 Å². The molecule has 0 radical (unpaired) electrons. The van der Waals surface area contributed by atoms with E-state index in [1.54, 1.807) is 19.1 Å². The zero-order chi connectivity index (χ0) is 20.2. The highest BCUT2D eigenvalue weighted by atomic mass is 32.2. The second kappa shape index (κ2) is 8.57. The quantitative estimate of drug-likeness (QED) is 0.788. The molecule has 27 heavy (non-hydrogen) atoms. The van der Waals surface area contributed by atoms with Crippen LogP contribution in [0.1, 0.15) is 43.5 Å². The summed E-state index contributed by atoms with van der Waals surface area (Å²) in [5.41, 5.74) is 3.71. The first-order chi connectivity index (χ1) is 12.6. The highest BCUT2D eigenvalue weighted by Crippen LogP contribution is 2.22. The van der Waals surface area contributed by atoms with Crippen LogP contribution in [0.2, 0.25) is 0 Å². The molecule has 0 aromatic heterocycles. The molecule has 5 nitrogen and oxygen atoms in total. The number of nitrogens with one attached hydrogen (secondary N) is 1. The van der Waals surface area contributed by atoms with Gasteiger partial charge in [-0.2, -0.15) is 0 Å². The van der Waals surface area contributed by atoms with Crippen molar-refractivity contribution in [3.63, 3.8) is 0 Å². The van der Waals surface area contributed by atoms with Gasteiger partial charge in [0.05, 0.1) is 18.0 Å². The molecule has 146 valence electrons. The lowest BCUT2D eigenvalue weighted by Gasteiger charge is -2.29. The van der Waals surface area contributed by atoms with Crippen LogP contribution in [0.5, 0.6) is 0 Å². The summed E-state index contributed by atoms with van der Waals surface area (Å²) in [7, 11) is -3.62. The number of amides is 1. The maximum Gasteiger partial charge on any atom is 0.244 e. The Morgan fingerprint density at radius 3 is 2.07 bits per heavy atom. The van der Waals surface area contributed by atoms with Gasteiger partial charge < -0.3 is 5.32 Å². The molecule has 1 N–H and O–H groups in total. The van der Waals surface area contributed by atoms with E-state index in [4.69, 9.17) is 0 Å². The second-order valence-corrected chi connectivity index (χ2v) is 8.76. The average Bonchev–Trinajstić information content (AvgIpc) is 2.61. The third kappa shape index (κ3) is 5.32. The van der Waals surface area contributed by atoms with Gasteiger partial charge in [0.2, 0.25) is 15.9 Å². The van der Waals surface area contributed by atoms with Crippen LogP contribution in [-0.2, 0) is 21.2 Å². The van der Waals surface area contributed by atoms with E-state index >= 15 is 0 Å². The molecule has 0 spiro atoms. The predicted molar refractivity (Wildman–Crippen MR) is 110 cm³/mol. The number of sulfonamides is 1. The maximum absolute atomic E-state index is 12.8. The molecule has 0 heterocycles. The summed E-state index contributed by atoms with van der Waals surface area (Å²) in [5, 5.41) is 2.92. The van der Waals surface area contributed by atoms with E-state index < -0.39 is 16.1 Å². The molecule has 0 bridgehead atoms. The third-order valence-corrected chi connectivity index (χ3v) is 5.87. The van der Waals surface area contributed by atoms with Gasteiger partial charge in [-0.1, -0.05) is 48.9 Å². The van der Waals surface area contributed by atoms with Gasteiger partial charge in [0.15, 0.2) is 0 Å². The molecule has 6 heteroatoms. The topological polar surface area (TPSA) is 66.5 Å². The highest BCUT2D eigenvalue weighted by molar-refractivity contribution is 7.92. The summed E-state index contributed by atoms with van der Waals surface area (Å²) >= 11 is 0. The molecule has 0 aliphatic rings. The largest absolute Gasteiger partial charge is 0.348 e. The lowest BCUT2D eigenvalue weighted by molar-refractivity contribution is -0.122. The molecular formula is C21H28N2O3S. The average molecular weight is 389 g/mol. The van der Waals surface area contributed by atoms with Crippen LogP contribution in [0.15, 0.2) is 48.5 Å². The van der Waals surface area contributed by atoms with Crippen molar-refractivity contribution in [1.29, 1.82) is 0 Å². The molecule has 0 aliphatic carbocycles. The molecule has 2 rings (SSSR count). The first kappa shape index (κ1) is 21.0. The Labute approximate surface area is 162 Å². The minimum atomic E-state index is -3.62. The summed E-state index contributed by atoms with van der Waals surface area (Å²) in [6.45, 7) is 7.52. The Morgan fingerprint density at radius 2 is 1.59 bits per heavy atom. The van der Waals surface area contributed by atoms with Gasteiger partial charge in [-0.25, -0.2) is 8.42 Å². The van der Waals surface area contributed by atoms with Crippen molar-refractivity contribution in [3.05, 3.63) is 65.2 Å². The van der Waals surface area contributed by atoms with Crippen molar-refractivity contribution in [2.45, 2.75) is 46.2 Å². The number of aryl methyl sites for hydroxylation is 2. The minimum Gasteiger partial charge on any atom is -0.348 e. The van der Waals surface area contributed by atoms with Crippen LogP contribution in [0, 0.1) is 6.92 Å². The number of carbonyl (C=O) groups excluding carboxylic acids is 1. The molecular weight excluding hydrogens is 360 g/mol. The Kier molecular flexibility index (Phi) is 6.65. The van der Waals surface area contributed by atoms with Crippen molar-refractivity contribution in [1.82, 2.24) is 5.32 Å². The fourth-order valence-corrected chi connectivity index (χ4v) is 4.13. The van der Waals surface area contributed by atoms with E-state index in [-0.39, 0.29) is 11.9 Å². The fraction of sp³-hybridized carbons (Fsp3) is 0.381. The first-order valence-electron chi connectivity index (χ1n) is 9.08. The van der Waals surface area contributed by atoms with Crippen LogP contribution in [0.3, 0.4) is 0 Å². The van der Waals surface area contributed by atoms with Gasteiger partial charge in [0.1, 0.15) is 6.04 Å². The number of hydrogen-bond acceptors (Lipinski definition) is 3. The number of carbonyl (C=O) groups is 1. The van der Waals surface area contributed by atoms with E-state index in [9.17, 15) is 13.2 Å². The van der Waals surface area contributed by atoms with Crippen LogP contribution in [-0.4, -0.2) is 26.6 Å². The highest BCUT2D eigenvalue weighted by Gasteiger charge is 2.29. The van der Waals surface area contributed by atoms with Gasteiger partial charge in [0.25, 0.3) is 0 Å². The zero-order valence-electron chi connectivity index (χ0n) is 16.6. The van der Waals surface area contributed by atoms with E-state index in [1.807, 2.05) is 57.2 Å². The van der Waals surface area contributed by atoms with Crippen LogP contribution < -0.4 is 9.62 Å². The Morgan fingerprint density at radius 1 is 1.04 bits per heavy atom. The SMILES string of the molecule is CCc1ccc(N(C(C)C(=O)NC(C)c2ccc(C)cc2)S(C)(=O)=O)cc1. The van der Waals surface area contributed by atoms with Crippen LogP contribution >= 0.6 is 0 Å². The lowest BCUT2D eigenvalue weighted by Crippen LogP contribution is -2.48. The lowest BCUT2D eigenvalue weighted by atomic mass is 10.1. The number of anilines is 1. The smallest absolute Gasteiger partial charge is 0.244 e. The van der Waals surface area contributed by atoms with Crippen molar-refractivity contribution < 1.29 is 13.2 Å². The van der Waals surface area contributed by atoms with Crippen LogP contribution in [0.4, 0.5) is 5.69 Å². The van der Waals surface area contributed by atoms with Crippen molar-refractivity contribution in [3.8, 4) is 0 Å². The molecule has 2 aromatic carbocycles. The van der Waals surface area contributed by atoms with Crippen molar-refractivity contribution >= 4 is 21.6 Å². The van der Waals surface area contributed by atoms with E-state index in [0.717, 1.165) is 29.4 Å². The zero-order valence-corrected chi connectivity index (χ0v) is 17.4. The normalized spacial score (nSPS) is 13.7. The number of rotatable bonds is 7. The standard InChI is InChI=1S/C21H28N2O3S/c1-6-18-9-13-20(14-10-18)23(27(5,25)26)17(4)21(24)22-16(3)19-11-7-15(2)8-12-19/h7-14,16-17H,6H2,1-5H3,(H,22,24). The van der Waals surface area contributed by atoms with Crippen molar-refractivity contribution in [2.75, 3.05) is 10.6 Å². The van der Waals surface area contributed by atoms with Gasteiger partial charge in [-0.15, -0.1) is 0 Å². The van der Waals surface area contributed by atoms with E-state index in [1.165, 1.54) is 4.31 Å².